The second-order valence-electron chi connectivity index (χ2n) is 6.79. The van der Waals surface area contributed by atoms with Gasteiger partial charge in [0.25, 0.3) is 0 Å². The van der Waals surface area contributed by atoms with Crippen LogP contribution >= 0.6 is 11.3 Å². The van der Waals surface area contributed by atoms with E-state index >= 15 is 0 Å². The minimum Gasteiger partial charge on any atom is -0.331 e. The second kappa shape index (κ2) is 9.75. The van der Waals surface area contributed by atoms with Gasteiger partial charge in [-0.2, -0.15) is 13.2 Å². The molecule has 0 saturated carbocycles. The molecule has 1 heterocycles. The Balaban J connectivity index is 1.66. The molecule has 0 atom stereocenters. The molecule has 0 aliphatic heterocycles. The fraction of sp³-hybridized carbons (Fsp3) is 0.273. The lowest BCUT2D eigenvalue weighted by molar-refractivity contribution is -0.136. The summed E-state index contributed by atoms with van der Waals surface area (Å²) in [6.45, 7) is 2.09. The second-order valence-corrected chi connectivity index (χ2v) is 7.65. The lowest BCUT2D eigenvalue weighted by Crippen LogP contribution is -2.10. The Kier molecular flexibility index (Phi) is 7.10. The van der Waals surface area contributed by atoms with Crippen LogP contribution in [0.3, 0.4) is 0 Å². The number of carbonyl (C=O) groups excluding carboxylic acids is 1. The van der Waals surface area contributed by atoms with E-state index in [-0.39, 0.29) is 11.6 Å². The first-order valence-electron chi connectivity index (χ1n) is 9.66. The number of thiazole rings is 1. The molecule has 3 aromatic rings. The number of nitrogens with zero attached hydrogens (tertiary/aromatic N) is 1. The Bertz CT molecular complexity index is 984. The number of alkyl halides is 3. The normalized spacial score (nSPS) is 11.3. The summed E-state index contributed by atoms with van der Waals surface area (Å²) < 4.78 is 39.4. The molecular weight excluding hydrogens is 411 g/mol. The summed E-state index contributed by atoms with van der Waals surface area (Å²) in [6, 6.07) is 12.5. The molecule has 30 heavy (non-hydrogen) atoms. The highest BCUT2D eigenvalue weighted by Crippen LogP contribution is 2.37. The van der Waals surface area contributed by atoms with Crippen LogP contribution in [-0.4, -0.2) is 10.9 Å². The van der Waals surface area contributed by atoms with Crippen LogP contribution in [0.1, 0.15) is 38.2 Å². The first-order chi connectivity index (χ1) is 14.4. The number of rotatable bonds is 8. The Hall–Kier alpha value is -2.87. The number of unbranched alkanes of at least 4 members (excludes halogenated alkanes) is 2. The third-order valence-corrected chi connectivity index (χ3v) is 5.21. The van der Waals surface area contributed by atoms with Gasteiger partial charge in [-0.3, -0.25) is 4.79 Å². The van der Waals surface area contributed by atoms with Crippen LogP contribution < -0.4 is 10.6 Å². The molecule has 0 unspecified atom stereocenters. The molecule has 0 bridgehead atoms. The molecule has 0 radical (unpaired) electrons. The smallest absolute Gasteiger partial charge is 0.331 e. The van der Waals surface area contributed by atoms with Crippen molar-refractivity contribution < 1.29 is 18.0 Å². The topological polar surface area (TPSA) is 54.0 Å². The molecule has 2 aromatic carbocycles. The van der Waals surface area contributed by atoms with Crippen LogP contribution in [0, 0.1) is 0 Å². The average Bonchev–Trinajstić information content (AvgIpc) is 3.17. The van der Waals surface area contributed by atoms with Crippen molar-refractivity contribution in [1.29, 1.82) is 0 Å². The van der Waals surface area contributed by atoms with Gasteiger partial charge in [-0.25, -0.2) is 4.98 Å². The number of nitrogens with one attached hydrogen (secondary N) is 2. The predicted octanol–water partition coefficient (Wildman–Crippen LogP) is 7.09. The molecule has 3 rings (SSSR count). The van der Waals surface area contributed by atoms with Crippen molar-refractivity contribution in [2.75, 3.05) is 10.6 Å². The van der Waals surface area contributed by atoms with Crippen LogP contribution in [0.4, 0.5) is 29.7 Å². The zero-order valence-electron chi connectivity index (χ0n) is 16.4. The summed E-state index contributed by atoms with van der Waals surface area (Å²) >= 11 is 1.23. The van der Waals surface area contributed by atoms with Crippen molar-refractivity contribution in [2.45, 2.75) is 38.8 Å². The number of hydrogen-bond donors (Lipinski definition) is 2. The molecular formula is C22H22F3N3OS. The van der Waals surface area contributed by atoms with Gasteiger partial charge in [-0.05, 0) is 30.7 Å². The molecule has 0 saturated heterocycles. The SMILES string of the molecule is CCCCCC(=O)Nc1ccc(-c2csc(Nc3ccccc3C(F)(F)F)n2)cc1. The molecule has 2 N–H and O–H groups in total. The number of carbonyl (C=O) groups is 1. The minimum absolute atomic E-state index is 0.0142. The monoisotopic (exact) mass is 433 g/mol. The Morgan fingerprint density at radius 3 is 2.50 bits per heavy atom. The molecule has 8 heteroatoms. The average molecular weight is 433 g/mol. The maximum atomic E-state index is 13.1. The van der Waals surface area contributed by atoms with Gasteiger partial charge in [0, 0.05) is 23.1 Å². The van der Waals surface area contributed by atoms with Crippen molar-refractivity contribution in [3.63, 3.8) is 0 Å². The van der Waals surface area contributed by atoms with Gasteiger partial charge in [-0.1, -0.05) is 44.0 Å². The van der Waals surface area contributed by atoms with Gasteiger partial charge >= 0.3 is 6.18 Å². The van der Waals surface area contributed by atoms with Gasteiger partial charge in [0.1, 0.15) is 0 Å². The van der Waals surface area contributed by atoms with Gasteiger partial charge in [-0.15, -0.1) is 11.3 Å². The number of aromatic nitrogens is 1. The van der Waals surface area contributed by atoms with E-state index in [0.717, 1.165) is 30.9 Å². The van der Waals surface area contributed by atoms with Crippen molar-refractivity contribution in [3.8, 4) is 11.3 Å². The molecule has 0 aliphatic rings. The lowest BCUT2D eigenvalue weighted by atomic mass is 10.1. The number of para-hydroxylation sites is 1. The van der Waals surface area contributed by atoms with E-state index in [0.29, 0.717) is 22.9 Å². The first-order valence-corrected chi connectivity index (χ1v) is 10.5. The zero-order valence-corrected chi connectivity index (χ0v) is 17.2. The minimum atomic E-state index is -4.44. The van der Waals surface area contributed by atoms with E-state index in [1.165, 1.54) is 23.5 Å². The molecule has 1 aromatic heterocycles. The fourth-order valence-corrected chi connectivity index (χ4v) is 3.63. The maximum absolute atomic E-state index is 13.1. The van der Waals surface area contributed by atoms with Crippen LogP contribution in [0.2, 0.25) is 0 Å². The summed E-state index contributed by atoms with van der Waals surface area (Å²) in [4.78, 5) is 16.3. The lowest BCUT2D eigenvalue weighted by Gasteiger charge is -2.12. The molecule has 4 nitrogen and oxygen atoms in total. The zero-order chi connectivity index (χ0) is 21.6. The third kappa shape index (κ3) is 5.82. The predicted molar refractivity (Wildman–Crippen MR) is 115 cm³/mol. The summed E-state index contributed by atoms with van der Waals surface area (Å²) in [5.41, 5.74) is 1.39. The molecule has 0 fully saturated rings. The van der Waals surface area contributed by atoms with Gasteiger partial charge in [0.05, 0.1) is 16.9 Å². The number of anilines is 3. The first kappa shape index (κ1) is 21.8. The summed E-state index contributed by atoms with van der Waals surface area (Å²) in [5, 5.41) is 7.77. The summed E-state index contributed by atoms with van der Waals surface area (Å²) in [5.74, 6) is -0.0142. The number of halogens is 3. The van der Waals surface area contributed by atoms with Crippen LogP contribution in [0.5, 0.6) is 0 Å². The molecule has 158 valence electrons. The standard InChI is InChI=1S/C22H22F3N3OS/c1-2-3-4-9-20(29)26-16-12-10-15(11-13-16)19-14-30-21(28-19)27-18-8-6-5-7-17(18)22(23,24)25/h5-8,10-14H,2-4,9H2,1H3,(H,26,29)(H,27,28). The molecule has 1 amide bonds. The fourth-order valence-electron chi connectivity index (χ4n) is 2.90. The van der Waals surface area contributed by atoms with Crippen molar-refractivity contribution in [1.82, 2.24) is 4.98 Å². The van der Waals surface area contributed by atoms with Crippen LogP contribution in [0.15, 0.2) is 53.9 Å². The third-order valence-electron chi connectivity index (χ3n) is 4.45. The summed E-state index contributed by atoms with van der Waals surface area (Å²) in [6.07, 6.45) is -0.989. The Morgan fingerprint density at radius 1 is 1.07 bits per heavy atom. The van der Waals surface area contributed by atoms with Gasteiger partial charge in [0.2, 0.25) is 5.91 Å². The quantitative estimate of drug-likeness (QED) is 0.373. The van der Waals surface area contributed by atoms with Gasteiger partial charge in [0.15, 0.2) is 5.13 Å². The highest BCUT2D eigenvalue weighted by atomic mass is 32.1. The Morgan fingerprint density at radius 2 is 1.80 bits per heavy atom. The van der Waals surface area contributed by atoms with Crippen molar-refractivity contribution >= 4 is 33.8 Å². The highest BCUT2D eigenvalue weighted by molar-refractivity contribution is 7.14. The van der Waals surface area contributed by atoms with E-state index in [1.807, 2.05) is 12.1 Å². The Labute approximate surface area is 177 Å². The number of hydrogen-bond acceptors (Lipinski definition) is 4. The van der Waals surface area contributed by atoms with E-state index in [9.17, 15) is 18.0 Å². The van der Waals surface area contributed by atoms with Crippen LogP contribution in [0.25, 0.3) is 11.3 Å². The highest BCUT2D eigenvalue weighted by Gasteiger charge is 2.33. The van der Waals surface area contributed by atoms with E-state index in [1.54, 1.807) is 23.6 Å². The number of benzene rings is 2. The molecule has 0 spiro atoms. The van der Waals surface area contributed by atoms with Crippen molar-refractivity contribution in [3.05, 3.63) is 59.5 Å². The number of amides is 1. The van der Waals surface area contributed by atoms with E-state index in [4.69, 9.17) is 0 Å². The van der Waals surface area contributed by atoms with Crippen molar-refractivity contribution in [2.24, 2.45) is 0 Å². The van der Waals surface area contributed by atoms with E-state index in [2.05, 4.69) is 22.5 Å². The van der Waals surface area contributed by atoms with Gasteiger partial charge < -0.3 is 10.6 Å². The maximum Gasteiger partial charge on any atom is 0.418 e. The van der Waals surface area contributed by atoms with Crippen LogP contribution in [-0.2, 0) is 11.0 Å². The molecule has 0 aliphatic carbocycles. The van der Waals surface area contributed by atoms with E-state index < -0.39 is 11.7 Å². The largest absolute Gasteiger partial charge is 0.418 e. The summed E-state index contributed by atoms with van der Waals surface area (Å²) in [7, 11) is 0.